The van der Waals surface area contributed by atoms with Gasteiger partial charge >= 0.3 is 0 Å². The summed E-state index contributed by atoms with van der Waals surface area (Å²) in [7, 11) is 0. The van der Waals surface area contributed by atoms with Crippen molar-refractivity contribution < 1.29 is 4.79 Å². The summed E-state index contributed by atoms with van der Waals surface area (Å²) in [4.78, 5) is 23.0. The van der Waals surface area contributed by atoms with Crippen LogP contribution in [0.3, 0.4) is 0 Å². The molecule has 0 spiro atoms. The van der Waals surface area contributed by atoms with E-state index in [4.69, 9.17) is 11.6 Å². The van der Waals surface area contributed by atoms with E-state index in [1.807, 2.05) is 43.5 Å². The first kappa shape index (κ1) is 13.6. The van der Waals surface area contributed by atoms with Gasteiger partial charge in [-0.2, -0.15) is 0 Å². The fourth-order valence-corrected chi connectivity index (χ4v) is 2.16. The molecule has 0 saturated heterocycles. The Bertz CT molecular complexity index is 717. The second kappa shape index (κ2) is 5.02. The predicted molar refractivity (Wildman–Crippen MR) is 76.4 cm³/mol. The number of aromatic nitrogens is 1. The van der Waals surface area contributed by atoms with Gasteiger partial charge in [0.2, 0.25) is 0 Å². The van der Waals surface area contributed by atoms with Gasteiger partial charge in [0, 0.05) is 23.6 Å². The van der Waals surface area contributed by atoms with Crippen LogP contribution >= 0.6 is 11.6 Å². The first-order valence-electron chi connectivity index (χ1n) is 5.91. The zero-order valence-electron chi connectivity index (χ0n) is 11.0. The van der Waals surface area contributed by atoms with Gasteiger partial charge in [-0.25, -0.2) is 0 Å². The molecule has 1 aromatic heterocycles. The van der Waals surface area contributed by atoms with Crippen LogP contribution < -0.4 is 5.43 Å². The summed E-state index contributed by atoms with van der Waals surface area (Å²) in [5.74, 6) is 0. The largest absolute Gasteiger partial charge is 0.320 e. The lowest BCUT2D eigenvalue weighted by molar-refractivity contribution is 0.108. The van der Waals surface area contributed by atoms with Crippen molar-refractivity contribution in [3.63, 3.8) is 0 Å². The third-order valence-corrected chi connectivity index (χ3v) is 3.28. The molecule has 1 aromatic carbocycles. The van der Waals surface area contributed by atoms with Crippen LogP contribution in [0.1, 0.15) is 27.2 Å². The minimum atomic E-state index is -0.732. The minimum absolute atomic E-state index is 0.00632. The maximum atomic E-state index is 11.7. The summed E-state index contributed by atoms with van der Waals surface area (Å²) < 4.78 is 1.82. The molecule has 0 aliphatic rings. The molecule has 0 atom stereocenters. The summed E-state index contributed by atoms with van der Waals surface area (Å²) in [5, 5.41) is -0.732. The smallest absolute Gasteiger partial charge is 0.257 e. The predicted octanol–water partition coefficient (Wildman–Crippen LogP) is 3.14. The van der Waals surface area contributed by atoms with Crippen molar-refractivity contribution in [1.82, 2.24) is 4.57 Å². The van der Waals surface area contributed by atoms with E-state index in [1.165, 1.54) is 12.3 Å². The number of hydrogen-bond donors (Lipinski definition) is 0. The van der Waals surface area contributed by atoms with Crippen LogP contribution in [-0.2, 0) is 0 Å². The summed E-state index contributed by atoms with van der Waals surface area (Å²) in [6.07, 6.45) is 1.51. The third kappa shape index (κ3) is 2.61. The van der Waals surface area contributed by atoms with Crippen LogP contribution in [0.15, 0.2) is 35.3 Å². The highest BCUT2D eigenvalue weighted by molar-refractivity contribution is 6.67. The molecule has 0 fully saturated rings. The van der Waals surface area contributed by atoms with E-state index in [0.29, 0.717) is 0 Å². The molecule has 2 aromatic rings. The molecule has 0 amide bonds. The van der Waals surface area contributed by atoms with E-state index < -0.39 is 5.24 Å². The molecule has 0 bridgehead atoms. The summed E-state index contributed by atoms with van der Waals surface area (Å²) >= 11 is 5.44. The Hall–Kier alpha value is -1.87. The van der Waals surface area contributed by atoms with Gasteiger partial charge in [-0.1, -0.05) is 12.1 Å². The quantitative estimate of drug-likeness (QED) is 0.790. The Morgan fingerprint density at radius 2 is 1.84 bits per heavy atom. The van der Waals surface area contributed by atoms with Gasteiger partial charge in [0.15, 0.2) is 5.43 Å². The zero-order chi connectivity index (χ0) is 14.2. The number of hydrogen-bond acceptors (Lipinski definition) is 2. The molecule has 0 N–H and O–H groups in total. The van der Waals surface area contributed by atoms with Crippen LogP contribution in [0, 0.1) is 20.8 Å². The van der Waals surface area contributed by atoms with Crippen LogP contribution in [0.4, 0.5) is 0 Å². The molecular formula is C15H14ClNO2. The van der Waals surface area contributed by atoms with Crippen LogP contribution in [0.25, 0.3) is 5.69 Å². The van der Waals surface area contributed by atoms with E-state index in [-0.39, 0.29) is 11.0 Å². The van der Waals surface area contributed by atoms with Crippen molar-refractivity contribution in [3.05, 3.63) is 63.1 Å². The second-order valence-electron chi connectivity index (χ2n) is 4.63. The van der Waals surface area contributed by atoms with Gasteiger partial charge in [-0.3, -0.25) is 9.59 Å². The van der Waals surface area contributed by atoms with Crippen molar-refractivity contribution in [2.45, 2.75) is 20.8 Å². The summed E-state index contributed by atoms with van der Waals surface area (Å²) in [5.41, 5.74) is 3.52. The maximum absolute atomic E-state index is 11.7. The number of benzene rings is 1. The Kier molecular flexibility index (Phi) is 3.58. The van der Waals surface area contributed by atoms with Crippen LogP contribution in [0.2, 0.25) is 0 Å². The molecule has 98 valence electrons. The van der Waals surface area contributed by atoms with Gasteiger partial charge < -0.3 is 4.57 Å². The molecule has 0 aliphatic heterocycles. The average Bonchev–Trinajstić information content (AvgIpc) is 2.32. The number of carbonyl (C=O) groups is 1. The van der Waals surface area contributed by atoms with Crippen molar-refractivity contribution in [3.8, 4) is 5.69 Å². The number of rotatable bonds is 2. The SMILES string of the molecule is Cc1ccc(C)c(-n2cc(C(=O)Cl)c(=O)cc2C)c1. The highest BCUT2D eigenvalue weighted by Crippen LogP contribution is 2.18. The van der Waals surface area contributed by atoms with Crippen LogP contribution in [0.5, 0.6) is 0 Å². The highest BCUT2D eigenvalue weighted by Gasteiger charge is 2.12. The van der Waals surface area contributed by atoms with Gasteiger partial charge in [0.1, 0.15) is 0 Å². The molecule has 0 aliphatic carbocycles. The fraction of sp³-hybridized carbons (Fsp3) is 0.200. The van der Waals surface area contributed by atoms with E-state index in [9.17, 15) is 9.59 Å². The second-order valence-corrected chi connectivity index (χ2v) is 4.97. The lowest BCUT2D eigenvalue weighted by Gasteiger charge is -2.15. The van der Waals surface area contributed by atoms with Gasteiger partial charge in [0.05, 0.1) is 5.56 Å². The summed E-state index contributed by atoms with van der Waals surface area (Å²) in [6.45, 7) is 5.80. The molecule has 0 unspecified atom stereocenters. The lowest BCUT2D eigenvalue weighted by Crippen LogP contribution is -2.16. The van der Waals surface area contributed by atoms with E-state index in [1.54, 1.807) is 0 Å². The van der Waals surface area contributed by atoms with Crippen molar-refractivity contribution in [2.75, 3.05) is 0 Å². The lowest BCUT2D eigenvalue weighted by atomic mass is 10.1. The first-order valence-corrected chi connectivity index (χ1v) is 6.28. The van der Waals surface area contributed by atoms with Crippen LogP contribution in [-0.4, -0.2) is 9.81 Å². The number of nitrogens with zero attached hydrogens (tertiary/aromatic N) is 1. The maximum Gasteiger partial charge on any atom is 0.257 e. The summed E-state index contributed by atoms with van der Waals surface area (Å²) in [6, 6.07) is 7.46. The Morgan fingerprint density at radius 1 is 1.16 bits per heavy atom. The highest BCUT2D eigenvalue weighted by atomic mass is 35.5. The first-order chi connectivity index (χ1) is 8.90. The average molecular weight is 276 g/mol. The topological polar surface area (TPSA) is 39.1 Å². The minimum Gasteiger partial charge on any atom is -0.320 e. The van der Waals surface area contributed by atoms with E-state index in [0.717, 1.165) is 22.5 Å². The fourth-order valence-electron chi connectivity index (χ4n) is 2.02. The normalized spacial score (nSPS) is 10.5. The van der Waals surface area contributed by atoms with E-state index in [2.05, 4.69) is 0 Å². The molecule has 4 heteroatoms. The Morgan fingerprint density at radius 3 is 2.47 bits per heavy atom. The van der Waals surface area contributed by atoms with Crippen molar-refractivity contribution in [2.24, 2.45) is 0 Å². The number of pyridine rings is 1. The van der Waals surface area contributed by atoms with Gasteiger partial charge in [-0.15, -0.1) is 0 Å². The molecule has 0 radical (unpaired) electrons. The van der Waals surface area contributed by atoms with Gasteiger partial charge in [0.25, 0.3) is 5.24 Å². The molecular weight excluding hydrogens is 262 g/mol. The Balaban J connectivity index is 2.75. The molecule has 1 heterocycles. The van der Waals surface area contributed by atoms with Gasteiger partial charge in [-0.05, 0) is 49.6 Å². The van der Waals surface area contributed by atoms with Crippen molar-refractivity contribution >= 4 is 16.8 Å². The third-order valence-electron chi connectivity index (χ3n) is 3.08. The number of halogens is 1. The molecule has 3 nitrogen and oxygen atoms in total. The standard InChI is InChI=1S/C15H14ClNO2/c1-9-4-5-10(2)13(6-9)17-8-12(15(16)19)14(18)7-11(17)3/h4-8H,1-3H3. The number of aryl methyl sites for hydroxylation is 3. The zero-order valence-corrected chi connectivity index (χ0v) is 11.8. The monoisotopic (exact) mass is 275 g/mol. The molecule has 2 rings (SSSR count). The molecule has 0 saturated carbocycles. The number of carbonyl (C=O) groups excluding carboxylic acids is 1. The molecule has 19 heavy (non-hydrogen) atoms. The van der Waals surface area contributed by atoms with Crippen molar-refractivity contribution in [1.29, 1.82) is 0 Å². The van der Waals surface area contributed by atoms with E-state index >= 15 is 0 Å². The Labute approximate surface area is 116 Å².